The summed E-state index contributed by atoms with van der Waals surface area (Å²) in [6.45, 7) is 3.68. The molecule has 4 aromatic rings. The number of hydrogen-bond donors (Lipinski definition) is 1. The van der Waals surface area contributed by atoms with Crippen LogP contribution in [0.5, 0.6) is 0 Å². The highest BCUT2D eigenvalue weighted by molar-refractivity contribution is 7.17. The van der Waals surface area contributed by atoms with E-state index in [0.717, 1.165) is 16.7 Å². The number of amides is 2. The van der Waals surface area contributed by atoms with Gasteiger partial charge in [0.05, 0.1) is 23.1 Å². The molecule has 2 amide bonds. The van der Waals surface area contributed by atoms with E-state index in [9.17, 15) is 14.4 Å². The van der Waals surface area contributed by atoms with E-state index in [1.165, 1.54) is 22.2 Å². The highest BCUT2D eigenvalue weighted by atomic mass is 32.1. The lowest BCUT2D eigenvalue weighted by Crippen LogP contribution is -2.42. The zero-order valence-electron chi connectivity index (χ0n) is 18.2. The summed E-state index contributed by atoms with van der Waals surface area (Å²) in [4.78, 5) is 45.7. The third-order valence-corrected chi connectivity index (χ3v) is 6.74. The van der Waals surface area contributed by atoms with Gasteiger partial charge in [-0.2, -0.15) is 0 Å². The molecule has 0 unspecified atom stereocenters. The molecule has 0 spiro atoms. The van der Waals surface area contributed by atoms with Crippen LogP contribution in [0.1, 0.15) is 18.9 Å². The van der Waals surface area contributed by atoms with Gasteiger partial charge in [-0.15, -0.1) is 11.3 Å². The number of hydrogen-bond acceptors (Lipinski definition) is 5. The Morgan fingerprint density at radius 3 is 2.70 bits per heavy atom. The van der Waals surface area contributed by atoms with Crippen molar-refractivity contribution in [1.29, 1.82) is 0 Å². The van der Waals surface area contributed by atoms with Crippen molar-refractivity contribution in [3.8, 4) is 11.1 Å². The molecular formula is C25H22N4O3S. The Labute approximate surface area is 194 Å². The van der Waals surface area contributed by atoms with E-state index >= 15 is 0 Å². The van der Waals surface area contributed by atoms with Gasteiger partial charge in [0, 0.05) is 23.4 Å². The topological polar surface area (TPSA) is 84.3 Å². The van der Waals surface area contributed by atoms with Crippen molar-refractivity contribution < 1.29 is 9.59 Å². The molecule has 33 heavy (non-hydrogen) atoms. The Hall–Kier alpha value is -3.78. The number of nitrogens with one attached hydrogen (secondary N) is 1. The molecule has 7 nitrogen and oxygen atoms in total. The number of fused-ring (bicyclic) bond motifs is 2. The summed E-state index contributed by atoms with van der Waals surface area (Å²) in [7, 11) is 0. The largest absolute Gasteiger partial charge is 0.324 e. The van der Waals surface area contributed by atoms with E-state index in [-0.39, 0.29) is 36.4 Å². The molecule has 0 bridgehead atoms. The molecule has 0 saturated heterocycles. The third-order valence-electron chi connectivity index (χ3n) is 5.86. The van der Waals surface area contributed by atoms with Crippen molar-refractivity contribution >= 4 is 44.7 Å². The van der Waals surface area contributed by atoms with E-state index < -0.39 is 0 Å². The molecule has 0 saturated carbocycles. The van der Waals surface area contributed by atoms with Crippen LogP contribution in [0.3, 0.4) is 0 Å². The first kappa shape index (κ1) is 21.1. The van der Waals surface area contributed by atoms with Crippen LogP contribution in [0, 0.1) is 6.92 Å². The number of rotatable bonds is 3. The van der Waals surface area contributed by atoms with Gasteiger partial charge < -0.3 is 10.2 Å². The van der Waals surface area contributed by atoms with Gasteiger partial charge in [-0.1, -0.05) is 42.0 Å². The van der Waals surface area contributed by atoms with Crippen LogP contribution in [0.25, 0.3) is 21.3 Å². The SMILES string of the molecule is Cc1ccc(-c2csc3ncn(CC(=O)N4c5ccccc5NC(=O)C[C@@H]4C)c(=O)c23)cc1. The molecule has 2 aromatic carbocycles. The van der Waals surface area contributed by atoms with Crippen LogP contribution in [-0.4, -0.2) is 27.4 Å². The number of aryl methyl sites for hydroxylation is 1. The molecule has 1 aliphatic rings. The average Bonchev–Trinajstić information content (AvgIpc) is 3.17. The summed E-state index contributed by atoms with van der Waals surface area (Å²) in [6.07, 6.45) is 1.60. The molecule has 2 aromatic heterocycles. The van der Waals surface area contributed by atoms with Gasteiger partial charge in [0.2, 0.25) is 11.8 Å². The lowest BCUT2D eigenvalue weighted by atomic mass is 10.1. The van der Waals surface area contributed by atoms with Gasteiger partial charge in [0.1, 0.15) is 11.4 Å². The number of aromatic nitrogens is 2. The van der Waals surface area contributed by atoms with Gasteiger partial charge in [-0.25, -0.2) is 4.98 Å². The Bertz CT molecular complexity index is 1440. The predicted octanol–water partition coefficient (Wildman–Crippen LogP) is 4.20. The van der Waals surface area contributed by atoms with Gasteiger partial charge in [0.15, 0.2) is 0 Å². The lowest BCUT2D eigenvalue weighted by molar-refractivity contribution is -0.120. The van der Waals surface area contributed by atoms with Crippen LogP contribution in [0.4, 0.5) is 11.4 Å². The number of thiophene rings is 1. The third kappa shape index (κ3) is 3.82. The fourth-order valence-corrected chi connectivity index (χ4v) is 5.12. The van der Waals surface area contributed by atoms with E-state index in [2.05, 4.69) is 10.3 Å². The van der Waals surface area contributed by atoms with Crippen molar-refractivity contribution in [2.45, 2.75) is 32.9 Å². The number of nitrogens with zero attached hydrogens (tertiary/aromatic N) is 3. The molecule has 5 rings (SSSR count). The molecule has 3 heterocycles. The Morgan fingerprint density at radius 1 is 1.15 bits per heavy atom. The summed E-state index contributed by atoms with van der Waals surface area (Å²) in [5.74, 6) is -0.423. The number of para-hydroxylation sites is 2. The van der Waals surface area contributed by atoms with E-state index in [1.54, 1.807) is 17.0 Å². The second-order valence-electron chi connectivity index (χ2n) is 8.26. The summed E-state index contributed by atoms with van der Waals surface area (Å²) >= 11 is 1.41. The van der Waals surface area contributed by atoms with Crippen LogP contribution >= 0.6 is 11.3 Å². The van der Waals surface area contributed by atoms with Crippen LogP contribution in [0.15, 0.2) is 65.0 Å². The normalized spacial score (nSPS) is 15.8. The molecule has 1 atom stereocenters. The molecular weight excluding hydrogens is 436 g/mol. The first-order chi connectivity index (χ1) is 15.9. The zero-order valence-corrected chi connectivity index (χ0v) is 19.1. The van der Waals surface area contributed by atoms with Crippen molar-refractivity contribution in [1.82, 2.24) is 9.55 Å². The molecule has 1 aliphatic heterocycles. The lowest BCUT2D eigenvalue weighted by Gasteiger charge is -2.28. The minimum Gasteiger partial charge on any atom is -0.324 e. The molecule has 8 heteroatoms. The van der Waals surface area contributed by atoms with Crippen molar-refractivity contribution in [3.63, 3.8) is 0 Å². The minimum absolute atomic E-state index is 0.147. The summed E-state index contributed by atoms with van der Waals surface area (Å²) in [5.41, 5.74) is 3.85. The maximum atomic E-state index is 13.4. The van der Waals surface area contributed by atoms with Crippen molar-refractivity contribution in [2.24, 2.45) is 0 Å². The Kier molecular flexibility index (Phi) is 5.30. The summed E-state index contributed by atoms with van der Waals surface area (Å²) in [6, 6.07) is 14.8. The van der Waals surface area contributed by atoms with Gasteiger partial charge >= 0.3 is 0 Å². The fraction of sp³-hybridized carbons (Fsp3) is 0.200. The van der Waals surface area contributed by atoms with Crippen molar-refractivity contribution in [3.05, 3.63) is 76.2 Å². The average molecular weight is 459 g/mol. The van der Waals surface area contributed by atoms with Crippen LogP contribution in [-0.2, 0) is 16.1 Å². The number of carbonyl (C=O) groups excluding carboxylic acids is 2. The molecule has 1 N–H and O–H groups in total. The molecule has 0 radical (unpaired) electrons. The van der Waals surface area contributed by atoms with Crippen LogP contribution in [0.2, 0.25) is 0 Å². The summed E-state index contributed by atoms with van der Waals surface area (Å²) in [5, 5.41) is 5.30. The maximum Gasteiger partial charge on any atom is 0.263 e. The second-order valence-corrected chi connectivity index (χ2v) is 9.11. The number of carbonyl (C=O) groups is 2. The standard InChI is InChI=1S/C25H22N4O3S/c1-15-7-9-17(10-8-15)18-13-33-24-23(18)25(32)28(14-26-24)12-22(31)29-16(2)11-21(30)27-19-5-3-4-6-20(19)29/h3-10,13-14,16H,11-12H2,1-2H3,(H,27,30)/t16-/m0/s1. The van der Waals surface area contributed by atoms with Gasteiger partial charge in [0.25, 0.3) is 5.56 Å². The molecule has 0 fully saturated rings. The maximum absolute atomic E-state index is 13.4. The Balaban J connectivity index is 1.53. The molecule has 0 aliphatic carbocycles. The first-order valence-corrected chi connectivity index (χ1v) is 11.5. The summed E-state index contributed by atoms with van der Waals surface area (Å²) < 4.78 is 1.35. The Morgan fingerprint density at radius 2 is 1.91 bits per heavy atom. The number of benzene rings is 2. The minimum atomic E-state index is -0.349. The quantitative estimate of drug-likeness (QED) is 0.499. The monoisotopic (exact) mass is 458 g/mol. The van der Waals surface area contributed by atoms with Crippen LogP contribution < -0.4 is 15.8 Å². The smallest absolute Gasteiger partial charge is 0.263 e. The van der Waals surface area contributed by atoms with E-state index in [0.29, 0.717) is 21.6 Å². The highest BCUT2D eigenvalue weighted by Gasteiger charge is 2.30. The predicted molar refractivity (Wildman–Crippen MR) is 131 cm³/mol. The van der Waals surface area contributed by atoms with E-state index in [4.69, 9.17) is 0 Å². The van der Waals surface area contributed by atoms with Gasteiger partial charge in [-0.05, 0) is 31.5 Å². The van der Waals surface area contributed by atoms with E-state index in [1.807, 2.05) is 55.6 Å². The molecule has 166 valence electrons. The van der Waals surface area contributed by atoms with Crippen molar-refractivity contribution in [2.75, 3.05) is 10.2 Å². The number of anilines is 2. The van der Waals surface area contributed by atoms with Gasteiger partial charge in [-0.3, -0.25) is 19.0 Å². The highest BCUT2D eigenvalue weighted by Crippen LogP contribution is 2.32. The fourth-order valence-electron chi connectivity index (χ4n) is 4.22. The second kappa shape index (κ2) is 8.29. The zero-order chi connectivity index (χ0) is 23.1. The first-order valence-electron chi connectivity index (χ1n) is 10.7.